The summed E-state index contributed by atoms with van der Waals surface area (Å²) < 4.78 is 17.9. The molecule has 0 fully saturated rings. The molecular weight excluding hydrogens is 261 g/mol. The Balaban J connectivity index is 1.84. The van der Waals surface area contributed by atoms with Crippen LogP contribution in [0.15, 0.2) is 48.5 Å². The Hall–Kier alpha value is -2.40. The Morgan fingerprint density at radius 1 is 1.10 bits per heavy atom. The van der Waals surface area contributed by atoms with Crippen LogP contribution >= 0.6 is 0 Å². The summed E-state index contributed by atoms with van der Waals surface area (Å²) >= 11 is 0. The van der Waals surface area contributed by atoms with Gasteiger partial charge in [0, 0.05) is 5.69 Å². The average Bonchev–Trinajstić information content (AvgIpc) is 2.47. The second-order valence-electron chi connectivity index (χ2n) is 4.15. The molecule has 0 aromatic heterocycles. The molecule has 0 bridgehead atoms. The predicted molar refractivity (Wildman–Crippen MR) is 72.9 cm³/mol. The summed E-state index contributed by atoms with van der Waals surface area (Å²) in [6.45, 7) is -0.199. The molecule has 0 aliphatic rings. The Labute approximate surface area is 115 Å². The van der Waals surface area contributed by atoms with Crippen molar-refractivity contribution in [3.05, 3.63) is 59.9 Å². The Morgan fingerprint density at radius 3 is 2.35 bits per heavy atom. The number of nitrogens with one attached hydrogen (secondary N) is 1. The maximum Gasteiger partial charge on any atom is 0.262 e. The molecule has 2 aromatic rings. The molecule has 0 saturated carbocycles. The third-order valence-corrected chi connectivity index (χ3v) is 2.60. The largest absolute Gasteiger partial charge is 0.484 e. The Kier molecular flexibility index (Phi) is 4.68. The fourth-order valence-corrected chi connectivity index (χ4v) is 1.57. The van der Waals surface area contributed by atoms with Gasteiger partial charge >= 0.3 is 0 Å². The molecule has 0 aliphatic heterocycles. The summed E-state index contributed by atoms with van der Waals surface area (Å²) in [5.74, 6) is -0.242. The van der Waals surface area contributed by atoms with Crippen molar-refractivity contribution in [2.45, 2.75) is 6.61 Å². The normalized spacial score (nSPS) is 10.1. The van der Waals surface area contributed by atoms with Gasteiger partial charge in [0.1, 0.15) is 11.6 Å². The fraction of sp³-hybridized carbons (Fsp3) is 0.133. The SMILES string of the molecule is O=C(COc1ccc(F)cc1)Nc1ccc(CO)cc1. The lowest BCUT2D eigenvalue weighted by molar-refractivity contribution is -0.118. The van der Waals surface area contributed by atoms with Crippen LogP contribution in [0.5, 0.6) is 5.75 Å². The maximum absolute atomic E-state index is 12.7. The number of anilines is 1. The van der Waals surface area contributed by atoms with Gasteiger partial charge in [-0.25, -0.2) is 4.39 Å². The predicted octanol–water partition coefficient (Wildman–Crippen LogP) is 2.34. The van der Waals surface area contributed by atoms with Crippen LogP contribution in [-0.2, 0) is 11.4 Å². The van der Waals surface area contributed by atoms with E-state index in [4.69, 9.17) is 9.84 Å². The highest BCUT2D eigenvalue weighted by molar-refractivity contribution is 5.91. The zero-order valence-corrected chi connectivity index (χ0v) is 10.7. The number of carbonyl (C=O) groups excluding carboxylic acids is 1. The monoisotopic (exact) mass is 275 g/mol. The zero-order chi connectivity index (χ0) is 14.4. The molecule has 0 aliphatic carbocycles. The van der Waals surface area contributed by atoms with Gasteiger partial charge in [0.15, 0.2) is 6.61 Å². The highest BCUT2D eigenvalue weighted by Gasteiger charge is 2.04. The molecule has 0 saturated heterocycles. The summed E-state index contributed by atoms with van der Waals surface area (Å²) in [7, 11) is 0. The van der Waals surface area contributed by atoms with Crippen molar-refractivity contribution in [1.82, 2.24) is 0 Å². The van der Waals surface area contributed by atoms with E-state index in [1.54, 1.807) is 24.3 Å². The van der Waals surface area contributed by atoms with E-state index >= 15 is 0 Å². The molecule has 0 unspecified atom stereocenters. The van der Waals surface area contributed by atoms with Gasteiger partial charge in [0.25, 0.3) is 5.91 Å². The van der Waals surface area contributed by atoms with Crippen molar-refractivity contribution in [2.24, 2.45) is 0 Å². The van der Waals surface area contributed by atoms with E-state index in [0.717, 1.165) is 5.56 Å². The van der Waals surface area contributed by atoms with Gasteiger partial charge in [-0.05, 0) is 42.0 Å². The quantitative estimate of drug-likeness (QED) is 0.880. The lowest BCUT2D eigenvalue weighted by Crippen LogP contribution is -2.20. The summed E-state index contributed by atoms with van der Waals surface area (Å²) in [6, 6.07) is 12.3. The number of rotatable bonds is 5. The van der Waals surface area contributed by atoms with Gasteiger partial charge in [-0.15, -0.1) is 0 Å². The van der Waals surface area contributed by atoms with E-state index in [-0.39, 0.29) is 24.9 Å². The molecule has 0 spiro atoms. The Morgan fingerprint density at radius 2 is 1.75 bits per heavy atom. The van der Waals surface area contributed by atoms with Crippen LogP contribution in [0.2, 0.25) is 0 Å². The Bertz CT molecular complexity index is 567. The summed E-state index contributed by atoms with van der Waals surface area (Å²) in [6.07, 6.45) is 0. The minimum Gasteiger partial charge on any atom is -0.484 e. The van der Waals surface area contributed by atoms with Gasteiger partial charge in [-0.1, -0.05) is 12.1 Å². The van der Waals surface area contributed by atoms with Crippen LogP contribution in [0.4, 0.5) is 10.1 Å². The van der Waals surface area contributed by atoms with Crippen molar-refractivity contribution < 1.29 is 19.0 Å². The number of amides is 1. The van der Waals surface area contributed by atoms with Crippen LogP contribution < -0.4 is 10.1 Å². The number of carbonyl (C=O) groups is 1. The first-order valence-electron chi connectivity index (χ1n) is 6.05. The van der Waals surface area contributed by atoms with Crippen LogP contribution in [0.1, 0.15) is 5.56 Å². The second-order valence-corrected chi connectivity index (χ2v) is 4.15. The maximum atomic E-state index is 12.7. The average molecular weight is 275 g/mol. The standard InChI is InChI=1S/C15H14FNO3/c16-12-3-7-14(8-4-12)20-10-15(19)17-13-5-1-11(9-18)2-6-13/h1-8,18H,9-10H2,(H,17,19). The highest BCUT2D eigenvalue weighted by atomic mass is 19.1. The molecule has 4 nitrogen and oxygen atoms in total. The van der Waals surface area contributed by atoms with E-state index in [0.29, 0.717) is 11.4 Å². The van der Waals surface area contributed by atoms with Crippen molar-refractivity contribution >= 4 is 11.6 Å². The topological polar surface area (TPSA) is 58.6 Å². The number of hydrogen-bond donors (Lipinski definition) is 2. The van der Waals surface area contributed by atoms with E-state index in [9.17, 15) is 9.18 Å². The van der Waals surface area contributed by atoms with Crippen LogP contribution in [0.3, 0.4) is 0 Å². The smallest absolute Gasteiger partial charge is 0.262 e. The van der Waals surface area contributed by atoms with Gasteiger partial charge in [0.05, 0.1) is 6.61 Å². The first-order chi connectivity index (χ1) is 9.67. The molecule has 2 rings (SSSR count). The van der Waals surface area contributed by atoms with Gasteiger partial charge in [0.2, 0.25) is 0 Å². The van der Waals surface area contributed by atoms with E-state index in [1.807, 2.05) is 0 Å². The third-order valence-electron chi connectivity index (χ3n) is 2.60. The van der Waals surface area contributed by atoms with Gasteiger partial charge < -0.3 is 15.2 Å². The molecule has 0 radical (unpaired) electrons. The molecular formula is C15H14FNO3. The molecule has 0 heterocycles. The first kappa shape index (κ1) is 14.0. The lowest BCUT2D eigenvalue weighted by Gasteiger charge is -2.08. The van der Waals surface area contributed by atoms with E-state index in [2.05, 4.69) is 5.32 Å². The van der Waals surface area contributed by atoms with Crippen LogP contribution in [-0.4, -0.2) is 17.6 Å². The summed E-state index contributed by atoms with van der Waals surface area (Å²) in [5.41, 5.74) is 1.39. The number of benzene rings is 2. The highest BCUT2D eigenvalue weighted by Crippen LogP contribution is 2.12. The van der Waals surface area contributed by atoms with E-state index in [1.165, 1.54) is 24.3 Å². The molecule has 0 atom stereocenters. The molecule has 20 heavy (non-hydrogen) atoms. The number of hydrogen-bond acceptors (Lipinski definition) is 3. The molecule has 1 amide bonds. The number of aliphatic hydroxyl groups is 1. The molecule has 2 aromatic carbocycles. The lowest BCUT2D eigenvalue weighted by atomic mass is 10.2. The van der Waals surface area contributed by atoms with Crippen molar-refractivity contribution in [3.63, 3.8) is 0 Å². The molecule has 104 valence electrons. The fourth-order valence-electron chi connectivity index (χ4n) is 1.57. The summed E-state index contributed by atoms with van der Waals surface area (Å²) in [4.78, 5) is 11.6. The molecule has 2 N–H and O–H groups in total. The van der Waals surface area contributed by atoms with Gasteiger partial charge in [-0.2, -0.15) is 0 Å². The van der Waals surface area contributed by atoms with Crippen molar-refractivity contribution in [3.8, 4) is 5.75 Å². The minimum atomic E-state index is -0.356. The first-order valence-corrected chi connectivity index (χ1v) is 6.05. The van der Waals surface area contributed by atoms with E-state index < -0.39 is 0 Å². The number of aliphatic hydroxyl groups excluding tert-OH is 1. The third kappa shape index (κ3) is 4.07. The summed E-state index contributed by atoms with van der Waals surface area (Å²) in [5, 5.41) is 11.6. The minimum absolute atomic E-state index is 0.0398. The zero-order valence-electron chi connectivity index (χ0n) is 10.7. The van der Waals surface area contributed by atoms with Crippen molar-refractivity contribution in [2.75, 3.05) is 11.9 Å². The molecule has 5 heteroatoms. The second kappa shape index (κ2) is 6.68. The van der Waals surface area contributed by atoms with Crippen LogP contribution in [0.25, 0.3) is 0 Å². The van der Waals surface area contributed by atoms with Crippen LogP contribution in [0, 0.1) is 5.82 Å². The van der Waals surface area contributed by atoms with Gasteiger partial charge in [-0.3, -0.25) is 4.79 Å². The number of ether oxygens (including phenoxy) is 1. The van der Waals surface area contributed by atoms with Crippen molar-refractivity contribution in [1.29, 1.82) is 0 Å². The number of halogens is 1.